The zero-order valence-corrected chi connectivity index (χ0v) is 18.1. The van der Waals surface area contributed by atoms with Crippen molar-refractivity contribution in [2.75, 3.05) is 37.2 Å². The van der Waals surface area contributed by atoms with Crippen LogP contribution in [0, 0.1) is 0 Å². The Bertz CT molecular complexity index is 839. The predicted octanol–water partition coefficient (Wildman–Crippen LogP) is 3.36. The van der Waals surface area contributed by atoms with Gasteiger partial charge in [0, 0.05) is 63.2 Å². The van der Waals surface area contributed by atoms with Crippen LogP contribution in [-0.2, 0) is 11.8 Å². The fraction of sp³-hybridized carbons (Fsp3) is 0.636. The molecule has 4 heterocycles. The Morgan fingerprint density at radius 1 is 1.07 bits per heavy atom. The van der Waals surface area contributed by atoms with Crippen molar-refractivity contribution in [3.63, 3.8) is 0 Å². The normalized spacial score (nSPS) is 28.3. The molecule has 0 aromatic carbocycles. The van der Waals surface area contributed by atoms with Crippen LogP contribution in [0.1, 0.15) is 60.6 Å². The molecule has 0 bridgehead atoms. The third kappa shape index (κ3) is 3.92. The van der Waals surface area contributed by atoms with Gasteiger partial charge in [-0.2, -0.15) is 5.10 Å². The van der Waals surface area contributed by atoms with Gasteiger partial charge in [-0.1, -0.05) is 12.8 Å². The summed E-state index contributed by atoms with van der Waals surface area (Å²) in [5, 5.41) is 4.37. The van der Waals surface area contributed by atoms with Crippen LogP contribution in [-0.4, -0.2) is 58.6 Å². The van der Waals surface area contributed by atoms with Crippen LogP contribution < -0.4 is 4.31 Å². The Balaban J connectivity index is 1.30. The van der Waals surface area contributed by atoms with Crippen molar-refractivity contribution < 1.29 is 4.74 Å². The van der Waals surface area contributed by atoms with E-state index in [2.05, 4.69) is 41.3 Å². The van der Waals surface area contributed by atoms with E-state index < -0.39 is 0 Å². The molecule has 0 N–H and O–H groups in total. The van der Waals surface area contributed by atoms with Crippen molar-refractivity contribution >= 4 is 18.6 Å². The quantitative estimate of drug-likeness (QED) is 0.782. The summed E-state index contributed by atoms with van der Waals surface area (Å²) in [7, 11) is 1.97. The van der Waals surface area contributed by atoms with Crippen LogP contribution in [0.25, 0.3) is 0 Å². The SMILES string of the molecule is Cn1cc(C2CN(S)c3ncc(C4CCC(N5CCCOCC5)CC4)cc32)cn1. The second-order valence-corrected chi connectivity index (χ2v) is 9.25. The van der Waals surface area contributed by atoms with Crippen molar-refractivity contribution in [2.24, 2.45) is 7.05 Å². The van der Waals surface area contributed by atoms with E-state index in [1.54, 1.807) is 0 Å². The number of pyridine rings is 1. The van der Waals surface area contributed by atoms with E-state index >= 15 is 0 Å². The summed E-state index contributed by atoms with van der Waals surface area (Å²) in [4.78, 5) is 7.48. The summed E-state index contributed by atoms with van der Waals surface area (Å²) >= 11 is 4.66. The van der Waals surface area contributed by atoms with Crippen LogP contribution in [0.5, 0.6) is 0 Å². The Labute approximate surface area is 178 Å². The molecule has 156 valence electrons. The Hall–Kier alpha value is -1.57. The third-order valence-electron chi connectivity index (χ3n) is 6.96. The molecule has 0 amide bonds. The average molecular weight is 414 g/mol. The fourth-order valence-electron chi connectivity index (χ4n) is 5.35. The summed E-state index contributed by atoms with van der Waals surface area (Å²) in [5.74, 6) is 1.93. The van der Waals surface area contributed by atoms with Crippen molar-refractivity contribution in [3.05, 3.63) is 41.3 Å². The summed E-state index contributed by atoms with van der Waals surface area (Å²) in [6, 6.07) is 3.13. The van der Waals surface area contributed by atoms with Crippen molar-refractivity contribution in [2.45, 2.75) is 50.0 Å². The van der Waals surface area contributed by atoms with Crippen molar-refractivity contribution in [1.82, 2.24) is 19.7 Å². The highest BCUT2D eigenvalue weighted by Crippen LogP contribution is 2.42. The van der Waals surface area contributed by atoms with E-state index in [9.17, 15) is 0 Å². The maximum atomic E-state index is 5.64. The lowest BCUT2D eigenvalue weighted by molar-refractivity contribution is 0.118. The van der Waals surface area contributed by atoms with E-state index in [-0.39, 0.29) is 0 Å². The maximum Gasteiger partial charge on any atom is 0.142 e. The van der Waals surface area contributed by atoms with Gasteiger partial charge in [-0.25, -0.2) is 4.98 Å². The molecule has 29 heavy (non-hydrogen) atoms. The molecule has 0 spiro atoms. The van der Waals surface area contributed by atoms with Gasteiger partial charge in [-0.15, -0.1) is 0 Å². The first-order chi connectivity index (χ1) is 14.2. The van der Waals surface area contributed by atoms with Gasteiger partial charge < -0.3 is 9.04 Å². The molecule has 3 aliphatic rings. The molecule has 5 rings (SSSR count). The monoisotopic (exact) mass is 413 g/mol. The van der Waals surface area contributed by atoms with Gasteiger partial charge in [0.05, 0.1) is 12.8 Å². The second kappa shape index (κ2) is 8.28. The minimum Gasteiger partial charge on any atom is -0.380 e. The Morgan fingerprint density at radius 2 is 1.93 bits per heavy atom. The van der Waals surface area contributed by atoms with E-state index in [4.69, 9.17) is 9.72 Å². The van der Waals surface area contributed by atoms with Crippen molar-refractivity contribution in [3.8, 4) is 0 Å². The fourth-order valence-corrected chi connectivity index (χ4v) is 5.68. The third-order valence-corrected chi connectivity index (χ3v) is 7.31. The molecule has 0 radical (unpaired) electrons. The van der Waals surface area contributed by atoms with Crippen LogP contribution >= 0.6 is 12.8 Å². The summed E-state index contributed by atoms with van der Waals surface area (Å²) < 4.78 is 9.50. The molecular formula is C22H31N5OS. The van der Waals surface area contributed by atoms with Gasteiger partial charge in [0.15, 0.2) is 0 Å². The molecule has 1 unspecified atom stereocenters. The number of rotatable bonds is 3. The largest absolute Gasteiger partial charge is 0.380 e. The molecule has 1 atom stereocenters. The summed E-state index contributed by atoms with van der Waals surface area (Å²) in [6.07, 6.45) is 12.4. The minimum atomic E-state index is 0.303. The number of aryl methyl sites for hydroxylation is 1. The molecule has 1 saturated carbocycles. The van der Waals surface area contributed by atoms with E-state index in [1.807, 2.05) is 22.2 Å². The first-order valence-electron chi connectivity index (χ1n) is 11.0. The standard InChI is InChI=1S/C22H31N5OS/c1-25-14-18(13-24-25)21-15-27(29)22-20(21)11-17(12-23-22)16-3-5-19(6-4-16)26-7-2-9-28-10-8-26/h11-14,16,19,21,29H,2-10,15H2,1H3. The lowest BCUT2D eigenvalue weighted by atomic mass is 9.81. The zero-order valence-electron chi connectivity index (χ0n) is 17.2. The van der Waals surface area contributed by atoms with E-state index in [1.165, 1.54) is 55.3 Å². The van der Waals surface area contributed by atoms with E-state index in [0.717, 1.165) is 38.2 Å². The van der Waals surface area contributed by atoms with Gasteiger partial charge in [-0.3, -0.25) is 9.58 Å². The smallest absolute Gasteiger partial charge is 0.142 e. The summed E-state index contributed by atoms with van der Waals surface area (Å²) in [6.45, 7) is 4.96. The van der Waals surface area contributed by atoms with Gasteiger partial charge in [-0.05, 0) is 55.2 Å². The summed E-state index contributed by atoms with van der Waals surface area (Å²) in [5.41, 5.74) is 3.95. The van der Waals surface area contributed by atoms with Crippen LogP contribution in [0.3, 0.4) is 0 Å². The number of thiol groups is 1. The number of aromatic nitrogens is 3. The number of hydrogen-bond acceptors (Lipinski definition) is 6. The van der Waals surface area contributed by atoms with Gasteiger partial charge in [0.1, 0.15) is 5.82 Å². The number of nitrogens with zero attached hydrogens (tertiary/aromatic N) is 5. The maximum absolute atomic E-state index is 5.64. The van der Waals surface area contributed by atoms with Gasteiger partial charge in [0.2, 0.25) is 0 Å². The molecule has 2 aliphatic heterocycles. The zero-order chi connectivity index (χ0) is 19.8. The van der Waals surface area contributed by atoms with Gasteiger partial charge in [0.25, 0.3) is 0 Å². The van der Waals surface area contributed by atoms with Gasteiger partial charge >= 0.3 is 0 Å². The van der Waals surface area contributed by atoms with Crippen LogP contribution in [0.2, 0.25) is 0 Å². The molecule has 2 fully saturated rings. The van der Waals surface area contributed by atoms with Crippen molar-refractivity contribution in [1.29, 1.82) is 0 Å². The topological polar surface area (TPSA) is 46.4 Å². The Kier molecular flexibility index (Phi) is 5.54. The molecule has 2 aromatic heterocycles. The van der Waals surface area contributed by atoms with Crippen LogP contribution in [0.4, 0.5) is 5.82 Å². The minimum absolute atomic E-state index is 0.303. The average Bonchev–Trinajstić information content (AvgIpc) is 3.19. The number of anilines is 1. The van der Waals surface area contributed by atoms with E-state index in [0.29, 0.717) is 11.8 Å². The molecule has 7 heteroatoms. The number of ether oxygens (including phenoxy) is 1. The molecule has 1 aliphatic carbocycles. The molecule has 1 saturated heterocycles. The highest BCUT2D eigenvalue weighted by atomic mass is 32.1. The molecule has 2 aromatic rings. The lowest BCUT2D eigenvalue weighted by Gasteiger charge is -2.36. The predicted molar refractivity (Wildman–Crippen MR) is 118 cm³/mol. The second-order valence-electron chi connectivity index (χ2n) is 8.77. The molecule has 6 nitrogen and oxygen atoms in total. The highest BCUT2D eigenvalue weighted by molar-refractivity contribution is 7.81. The Morgan fingerprint density at radius 3 is 2.72 bits per heavy atom. The number of fused-ring (bicyclic) bond motifs is 1. The first-order valence-corrected chi connectivity index (χ1v) is 11.4. The van der Waals surface area contributed by atoms with Crippen LogP contribution in [0.15, 0.2) is 24.7 Å². The molecular weight excluding hydrogens is 382 g/mol. The first kappa shape index (κ1) is 19.4. The highest BCUT2D eigenvalue weighted by Gasteiger charge is 2.33. The lowest BCUT2D eigenvalue weighted by Crippen LogP contribution is -2.39. The number of hydrogen-bond donors (Lipinski definition) is 1.